The van der Waals surface area contributed by atoms with Crippen LogP contribution in [0.15, 0.2) is 42.5 Å². The molecule has 0 radical (unpaired) electrons. The Bertz CT molecular complexity index is 681. The monoisotopic (exact) mass is 288 g/mol. The SMILES string of the molecule is CP(C)(=O)c1ccc(/C=C/c2ccc(O)c(O)c2)cc1. The molecule has 0 aromatic heterocycles. The highest BCUT2D eigenvalue weighted by Gasteiger charge is 2.09. The standard InChI is InChI=1S/C16H17O3P/c1-20(2,19)14-8-5-12(6-9-14)3-4-13-7-10-15(17)16(18)11-13/h3-11,17-18H,1-2H3/b4-3+. The summed E-state index contributed by atoms with van der Waals surface area (Å²) in [4.78, 5) is 0. The molecule has 104 valence electrons. The molecule has 0 amide bonds. The molecule has 0 fully saturated rings. The molecule has 3 nitrogen and oxygen atoms in total. The molecule has 2 N–H and O–H groups in total. The van der Waals surface area contributed by atoms with Crippen LogP contribution in [0.25, 0.3) is 12.2 Å². The Balaban J connectivity index is 2.19. The number of phenols is 2. The molecule has 4 heteroatoms. The van der Waals surface area contributed by atoms with Gasteiger partial charge < -0.3 is 14.8 Å². The highest BCUT2D eigenvalue weighted by molar-refractivity contribution is 7.70. The maximum atomic E-state index is 11.9. The van der Waals surface area contributed by atoms with Gasteiger partial charge in [0.1, 0.15) is 7.14 Å². The van der Waals surface area contributed by atoms with Crippen molar-refractivity contribution < 1.29 is 14.8 Å². The van der Waals surface area contributed by atoms with Crippen molar-refractivity contribution in [3.05, 3.63) is 53.6 Å². The van der Waals surface area contributed by atoms with E-state index in [-0.39, 0.29) is 11.5 Å². The molecule has 0 heterocycles. The highest BCUT2D eigenvalue weighted by atomic mass is 31.2. The van der Waals surface area contributed by atoms with Crippen molar-refractivity contribution in [1.29, 1.82) is 0 Å². The zero-order chi connectivity index (χ0) is 14.8. The van der Waals surface area contributed by atoms with Gasteiger partial charge >= 0.3 is 0 Å². The second-order valence-corrected chi connectivity index (χ2v) is 8.24. The van der Waals surface area contributed by atoms with E-state index < -0.39 is 7.14 Å². The van der Waals surface area contributed by atoms with E-state index in [0.717, 1.165) is 16.4 Å². The van der Waals surface area contributed by atoms with Gasteiger partial charge in [-0.25, -0.2) is 0 Å². The van der Waals surface area contributed by atoms with Crippen LogP contribution in [0.3, 0.4) is 0 Å². The Labute approximate surface area is 118 Å². The molecule has 20 heavy (non-hydrogen) atoms. The van der Waals surface area contributed by atoms with Crippen LogP contribution in [0, 0.1) is 0 Å². The third-order valence-corrected chi connectivity index (χ3v) is 4.52. The van der Waals surface area contributed by atoms with Crippen LogP contribution in [0.5, 0.6) is 11.5 Å². The average Bonchev–Trinajstić information content (AvgIpc) is 2.40. The van der Waals surface area contributed by atoms with Crippen LogP contribution in [0.2, 0.25) is 0 Å². The Kier molecular flexibility index (Phi) is 4.01. The Hall–Kier alpha value is -1.99. The average molecular weight is 288 g/mol. The van der Waals surface area contributed by atoms with Crippen molar-refractivity contribution in [2.24, 2.45) is 0 Å². The van der Waals surface area contributed by atoms with E-state index in [9.17, 15) is 14.8 Å². The van der Waals surface area contributed by atoms with E-state index in [4.69, 9.17) is 0 Å². The van der Waals surface area contributed by atoms with E-state index >= 15 is 0 Å². The Morgan fingerprint density at radius 2 is 1.40 bits per heavy atom. The second-order valence-electron chi connectivity index (χ2n) is 5.02. The van der Waals surface area contributed by atoms with E-state index in [1.165, 1.54) is 12.1 Å². The number of rotatable bonds is 3. The fourth-order valence-corrected chi connectivity index (χ4v) is 2.65. The summed E-state index contributed by atoms with van der Waals surface area (Å²) in [7, 11) is -2.21. The summed E-state index contributed by atoms with van der Waals surface area (Å²) >= 11 is 0. The number of benzene rings is 2. The maximum Gasteiger partial charge on any atom is 0.157 e. The summed E-state index contributed by atoms with van der Waals surface area (Å²) in [6, 6.07) is 12.2. The summed E-state index contributed by atoms with van der Waals surface area (Å²) in [5.41, 5.74) is 1.77. The van der Waals surface area contributed by atoms with E-state index in [0.29, 0.717) is 0 Å². The minimum absolute atomic E-state index is 0.131. The third kappa shape index (κ3) is 3.52. The topological polar surface area (TPSA) is 57.5 Å². The molecule has 0 aliphatic carbocycles. The number of phenolic OH excluding ortho intramolecular Hbond substituents is 2. The van der Waals surface area contributed by atoms with Gasteiger partial charge in [-0.3, -0.25) is 0 Å². The van der Waals surface area contributed by atoms with Crippen molar-refractivity contribution in [3.8, 4) is 11.5 Å². The quantitative estimate of drug-likeness (QED) is 0.516. The number of aromatic hydroxyl groups is 2. The van der Waals surface area contributed by atoms with Crippen LogP contribution < -0.4 is 5.30 Å². The second kappa shape index (κ2) is 5.56. The first-order valence-electron chi connectivity index (χ1n) is 6.22. The van der Waals surface area contributed by atoms with E-state index in [1.807, 2.05) is 36.4 Å². The maximum absolute atomic E-state index is 11.9. The lowest BCUT2D eigenvalue weighted by atomic mass is 10.1. The predicted octanol–water partition coefficient (Wildman–Crippen LogP) is 3.52. The summed E-state index contributed by atoms with van der Waals surface area (Å²) in [6.07, 6.45) is 3.73. The number of hydrogen-bond donors (Lipinski definition) is 2. The molecule has 0 saturated heterocycles. The molecule has 0 aliphatic heterocycles. The summed E-state index contributed by atoms with van der Waals surface area (Å²) in [5.74, 6) is -0.270. The molecule has 0 atom stereocenters. The van der Waals surface area contributed by atoms with Gasteiger partial charge in [-0.1, -0.05) is 42.5 Å². The smallest absolute Gasteiger partial charge is 0.157 e. The van der Waals surface area contributed by atoms with Gasteiger partial charge in [-0.15, -0.1) is 0 Å². The summed E-state index contributed by atoms with van der Waals surface area (Å²) in [6.45, 7) is 3.49. The molecular weight excluding hydrogens is 271 g/mol. The van der Waals surface area contributed by atoms with Crippen molar-refractivity contribution in [3.63, 3.8) is 0 Å². The molecule has 0 spiro atoms. The predicted molar refractivity (Wildman–Crippen MR) is 84.2 cm³/mol. The molecule has 2 aromatic carbocycles. The van der Waals surface area contributed by atoms with Gasteiger partial charge in [-0.2, -0.15) is 0 Å². The van der Waals surface area contributed by atoms with Crippen molar-refractivity contribution in [2.45, 2.75) is 0 Å². The lowest BCUT2D eigenvalue weighted by Gasteiger charge is -2.06. The molecule has 0 aliphatic rings. The Morgan fingerprint density at radius 3 is 1.95 bits per heavy atom. The van der Waals surface area contributed by atoms with Gasteiger partial charge in [0.15, 0.2) is 11.5 Å². The zero-order valence-electron chi connectivity index (χ0n) is 11.4. The Morgan fingerprint density at radius 1 is 0.850 bits per heavy atom. The highest BCUT2D eigenvalue weighted by Crippen LogP contribution is 2.34. The largest absolute Gasteiger partial charge is 0.504 e. The van der Waals surface area contributed by atoms with Crippen molar-refractivity contribution in [2.75, 3.05) is 13.3 Å². The van der Waals surface area contributed by atoms with Gasteiger partial charge in [-0.05, 0) is 36.6 Å². The zero-order valence-corrected chi connectivity index (χ0v) is 12.3. The first-order valence-corrected chi connectivity index (χ1v) is 8.82. The fourth-order valence-electron chi connectivity index (χ4n) is 1.78. The molecule has 2 aromatic rings. The minimum Gasteiger partial charge on any atom is -0.504 e. The van der Waals surface area contributed by atoms with Crippen LogP contribution in [-0.4, -0.2) is 23.5 Å². The van der Waals surface area contributed by atoms with Gasteiger partial charge in [0, 0.05) is 5.30 Å². The van der Waals surface area contributed by atoms with Gasteiger partial charge in [0.05, 0.1) is 0 Å². The van der Waals surface area contributed by atoms with Gasteiger partial charge in [0.25, 0.3) is 0 Å². The van der Waals surface area contributed by atoms with Crippen molar-refractivity contribution >= 4 is 24.6 Å². The molecule has 0 saturated carbocycles. The number of hydrogen-bond acceptors (Lipinski definition) is 3. The first-order chi connectivity index (χ1) is 9.36. The van der Waals surface area contributed by atoms with E-state index in [1.54, 1.807) is 19.4 Å². The summed E-state index contributed by atoms with van der Waals surface area (Å²) < 4.78 is 11.9. The fraction of sp³-hybridized carbons (Fsp3) is 0.125. The third-order valence-electron chi connectivity index (χ3n) is 2.98. The minimum atomic E-state index is -2.21. The first kappa shape index (κ1) is 14.4. The van der Waals surface area contributed by atoms with E-state index in [2.05, 4.69) is 0 Å². The van der Waals surface area contributed by atoms with Gasteiger partial charge in [0.2, 0.25) is 0 Å². The lowest BCUT2D eigenvalue weighted by Crippen LogP contribution is -2.01. The lowest BCUT2D eigenvalue weighted by molar-refractivity contribution is 0.403. The molecule has 2 rings (SSSR count). The van der Waals surface area contributed by atoms with Crippen molar-refractivity contribution in [1.82, 2.24) is 0 Å². The molecule has 0 bridgehead atoms. The van der Waals surface area contributed by atoms with Crippen LogP contribution in [0.1, 0.15) is 11.1 Å². The molecule has 0 unspecified atom stereocenters. The van der Waals surface area contributed by atoms with Crippen LogP contribution >= 0.6 is 7.14 Å². The molecular formula is C16H17O3P. The summed E-state index contributed by atoms with van der Waals surface area (Å²) in [5, 5.41) is 19.5. The van der Waals surface area contributed by atoms with Crippen LogP contribution in [0.4, 0.5) is 0 Å². The normalized spacial score (nSPS) is 11.9. The van der Waals surface area contributed by atoms with Crippen LogP contribution in [-0.2, 0) is 4.57 Å².